The zero-order valence-corrected chi connectivity index (χ0v) is 8.14. The van der Waals surface area contributed by atoms with Crippen LogP contribution in [0.1, 0.15) is 11.1 Å². The molecule has 0 bridgehead atoms. The Hall–Kier alpha value is -2.33. The maximum Gasteiger partial charge on any atom is 0.258 e. The van der Waals surface area contributed by atoms with Gasteiger partial charge in [-0.15, -0.1) is 0 Å². The zero-order chi connectivity index (χ0) is 11.7. The molecule has 7 heteroatoms. The average Bonchev–Trinajstić information content (AvgIpc) is 2.67. The molecule has 0 unspecified atom stereocenters. The predicted octanol–water partition coefficient (Wildman–Crippen LogP) is -0.865. The van der Waals surface area contributed by atoms with Crippen molar-refractivity contribution in [1.29, 1.82) is 5.26 Å². The lowest BCUT2D eigenvalue weighted by Crippen LogP contribution is -2.17. The Kier molecular flexibility index (Phi) is 2.34. The highest BCUT2D eigenvalue weighted by Gasteiger charge is 2.14. The van der Waals surface area contributed by atoms with Gasteiger partial charge in [-0.25, -0.2) is 0 Å². The molecule has 3 N–H and O–H groups in total. The van der Waals surface area contributed by atoms with E-state index in [9.17, 15) is 9.90 Å². The van der Waals surface area contributed by atoms with Crippen LogP contribution >= 0.6 is 0 Å². The smallest absolute Gasteiger partial charge is 0.258 e. The Morgan fingerprint density at radius 1 is 1.62 bits per heavy atom. The molecule has 2 aromatic rings. The number of aliphatic hydroxyl groups is 1. The second kappa shape index (κ2) is 3.67. The molecule has 0 aliphatic rings. The van der Waals surface area contributed by atoms with E-state index in [1.165, 1.54) is 6.20 Å². The Balaban J connectivity index is 2.81. The summed E-state index contributed by atoms with van der Waals surface area (Å²) in [7, 11) is 0. The van der Waals surface area contributed by atoms with E-state index in [0.717, 1.165) is 4.52 Å². The summed E-state index contributed by atoms with van der Waals surface area (Å²) in [6.45, 7) is -0.255. The molecule has 0 saturated carbocycles. The number of nitriles is 1. The van der Waals surface area contributed by atoms with Crippen LogP contribution in [0, 0.1) is 11.3 Å². The second-order valence-corrected chi connectivity index (χ2v) is 3.16. The van der Waals surface area contributed by atoms with Crippen LogP contribution in [0.25, 0.3) is 5.65 Å². The van der Waals surface area contributed by atoms with Crippen molar-refractivity contribution >= 4 is 5.65 Å². The van der Waals surface area contributed by atoms with Crippen LogP contribution in [0.5, 0.6) is 5.88 Å². The molecule has 0 aliphatic carbocycles. The Bertz CT molecular complexity index is 634. The number of nitrogens with zero attached hydrogens (tertiary/aromatic N) is 3. The topological polar surface area (TPSA) is 114 Å². The standard InChI is InChI=1S/C9H8N4O3/c10-3-5-4-11-13-7(5)12-8(15)6(1-2-14)9(13)16/h4,14,16H,1-2H2,(H,12,15). The van der Waals surface area contributed by atoms with Crippen LogP contribution in [0.15, 0.2) is 11.0 Å². The van der Waals surface area contributed by atoms with E-state index in [4.69, 9.17) is 10.4 Å². The monoisotopic (exact) mass is 220 g/mol. The van der Waals surface area contributed by atoms with Crippen LogP contribution in [0.3, 0.4) is 0 Å². The summed E-state index contributed by atoms with van der Waals surface area (Å²) >= 11 is 0. The quantitative estimate of drug-likeness (QED) is 0.608. The first kappa shape index (κ1) is 10.2. The molecule has 82 valence electrons. The highest BCUT2D eigenvalue weighted by molar-refractivity contribution is 5.55. The van der Waals surface area contributed by atoms with Gasteiger partial charge in [0, 0.05) is 13.0 Å². The largest absolute Gasteiger partial charge is 0.493 e. The van der Waals surface area contributed by atoms with E-state index >= 15 is 0 Å². The summed E-state index contributed by atoms with van der Waals surface area (Å²) in [5, 5.41) is 31.0. The van der Waals surface area contributed by atoms with Gasteiger partial charge in [-0.3, -0.25) is 4.79 Å². The van der Waals surface area contributed by atoms with Crippen molar-refractivity contribution in [2.45, 2.75) is 6.42 Å². The Labute approximate surface area is 89.2 Å². The van der Waals surface area contributed by atoms with E-state index < -0.39 is 5.56 Å². The number of aromatic nitrogens is 3. The van der Waals surface area contributed by atoms with Gasteiger partial charge in [-0.1, -0.05) is 0 Å². The molecule has 0 saturated heterocycles. The lowest BCUT2D eigenvalue weighted by atomic mass is 10.2. The normalized spacial score (nSPS) is 10.5. The molecule has 2 rings (SSSR count). The first-order valence-electron chi connectivity index (χ1n) is 4.52. The highest BCUT2D eigenvalue weighted by Crippen LogP contribution is 2.16. The molecular weight excluding hydrogens is 212 g/mol. The van der Waals surface area contributed by atoms with Gasteiger partial charge in [0.25, 0.3) is 5.56 Å². The fourth-order valence-corrected chi connectivity index (χ4v) is 1.46. The van der Waals surface area contributed by atoms with Crippen LogP contribution in [-0.2, 0) is 6.42 Å². The van der Waals surface area contributed by atoms with Gasteiger partial charge in [0.1, 0.15) is 11.6 Å². The van der Waals surface area contributed by atoms with Crippen molar-refractivity contribution in [1.82, 2.24) is 14.6 Å². The van der Waals surface area contributed by atoms with Gasteiger partial charge < -0.3 is 15.2 Å². The lowest BCUT2D eigenvalue weighted by molar-refractivity contribution is 0.295. The van der Waals surface area contributed by atoms with Crippen LogP contribution in [-0.4, -0.2) is 31.4 Å². The average molecular weight is 220 g/mol. The number of hydrogen-bond acceptors (Lipinski definition) is 5. The fourth-order valence-electron chi connectivity index (χ4n) is 1.46. The maximum atomic E-state index is 11.5. The number of aliphatic hydroxyl groups excluding tert-OH is 1. The van der Waals surface area contributed by atoms with E-state index in [1.54, 1.807) is 0 Å². The van der Waals surface area contributed by atoms with Crippen molar-refractivity contribution in [2.75, 3.05) is 6.61 Å². The van der Waals surface area contributed by atoms with Gasteiger partial charge in [-0.2, -0.15) is 14.9 Å². The first-order valence-corrected chi connectivity index (χ1v) is 4.52. The Morgan fingerprint density at radius 3 is 3.00 bits per heavy atom. The Morgan fingerprint density at radius 2 is 2.38 bits per heavy atom. The molecule has 2 aromatic heterocycles. The van der Waals surface area contributed by atoms with E-state index in [2.05, 4.69) is 10.1 Å². The second-order valence-electron chi connectivity index (χ2n) is 3.16. The number of hydrogen-bond donors (Lipinski definition) is 3. The molecule has 0 amide bonds. The summed E-state index contributed by atoms with van der Waals surface area (Å²) in [4.78, 5) is 14.0. The van der Waals surface area contributed by atoms with E-state index in [-0.39, 0.29) is 35.7 Å². The maximum absolute atomic E-state index is 11.5. The summed E-state index contributed by atoms with van der Waals surface area (Å²) in [6.07, 6.45) is 1.27. The number of H-pyrrole nitrogens is 1. The molecule has 16 heavy (non-hydrogen) atoms. The fraction of sp³-hybridized carbons (Fsp3) is 0.222. The zero-order valence-electron chi connectivity index (χ0n) is 8.14. The van der Waals surface area contributed by atoms with Crippen molar-refractivity contribution < 1.29 is 10.2 Å². The first-order chi connectivity index (χ1) is 7.69. The summed E-state index contributed by atoms with van der Waals surface area (Å²) in [5.41, 5.74) is -0.173. The highest BCUT2D eigenvalue weighted by atomic mass is 16.3. The third-order valence-electron chi connectivity index (χ3n) is 2.23. The van der Waals surface area contributed by atoms with Crippen LogP contribution in [0.4, 0.5) is 0 Å². The number of aromatic amines is 1. The third-order valence-corrected chi connectivity index (χ3v) is 2.23. The molecule has 0 aromatic carbocycles. The van der Waals surface area contributed by atoms with Gasteiger partial charge in [-0.05, 0) is 0 Å². The van der Waals surface area contributed by atoms with Crippen molar-refractivity contribution in [3.8, 4) is 11.9 Å². The van der Waals surface area contributed by atoms with Crippen molar-refractivity contribution in [3.63, 3.8) is 0 Å². The van der Waals surface area contributed by atoms with Crippen LogP contribution in [0.2, 0.25) is 0 Å². The third kappa shape index (κ3) is 1.32. The molecule has 0 aliphatic heterocycles. The molecular formula is C9H8N4O3. The SMILES string of the molecule is N#Cc1cnn2c(O)c(CCO)c(=O)[nH]c12. The van der Waals surface area contributed by atoms with Crippen molar-refractivity contribution in [3.05, 3.63) is 27.7 Å². The molecule has 0 spiro atoms. The molecule has 2 heterocycles. The predicted molar refractivity (Wildman–Crippen MR) is 53.0 cm³/mol. The number of rotatable bonds is 2. The summed E-state index contributed by atoms with van der Waals surface area (Å²) in [6, 6.07) is 1.84. The number of aromatic hydroxyl groups is 1. The molecule has 0 radical (unpaired) electrons. The minimum absolute atomic E-state index is 0.0266. The summed E-state index contributed by atoms with van der Waals surface area (Å²) < 4.78 is 1.06. The summed E-state index contributed by atoms with van der Waals surface area (Å²) in [5.74, 6) is -0.352. The molecule has 7 nitrogen and oxygen atoms in total. The van der Waals surface area contributed by atoms with Gasteiger partial charge in [0.2, 0.25) is 5.88 Å². The van der Waals surface area contributed by atoms with E-state index in [0.29, 0.717) is 0 Å². The van der Waals surface area contributed by atoms with E-state index in [1.807, 2.05) is 6.07 Å². The molecule has 0 fully saturated rings. The minimum atomic E-state index is -0.531. The number of fused-ring (bicyclic) bond motifs is 1. The minimum Gasteiger partial charge on any atom is -0.493 e. The van der Waals surface area contributed by atoms with Crippen molar-refractivity contribution in [2.24, 2.45) is 0 Å². The van der Waals surface area contributed by atoms with Gasteiger partial charge in [0.15, 0.2) is 5.65 Å². The lowest BCUT2D eigenvalue weighted by Gasteiger charge is -2.03. The van der Waals surface area contributed by atoms with Gasteiger partial charge >= 0.3 is 0 Å². The van der Waals surface area contributed by atoms with Crippen LogP contribution < -0.4 is 5.56 Å². The number of nitrogens with one attached hydrogen (secondary N) is 1. The van der Waals surface area contributed by atoms with Gasteiger partial charge in [0.05, 0.1) is 11.8 Å². The molecule has 0 atom stereocenters.